The molecule has 1 fully saturated rings. The summed E-state index contributed by atoms with van der Waals surface area (Å²) in [5.74, 6) is 1.32. The molecular formula is C9H14N2O2. The molecule has 2 heterocycles. The van der Waals surface area contributed by atoms with Crippen molar-refractivity contribution < 1.29 is 9.63 Å². The predicted octanol–water partition coefficient (Wildman–Crippen LogP) is 0.407. The molecule has 4 heteroatoms. The van der Waals surface area contributed by atoms with E-state index in [1.165, 1.54) is 0 Å². The van der Waals surface area contributed by atoms with E-state index in [-0.39, 0.29) is 0 Å². The van der Waals surface area contributed by atoms with Gasteiger partial charge in [-0.05, 0) is 6.92 Å². The van der Waals surface area contributed by atoms with Gasteiger partial charge in [0.25, 0.3) is 0 Å². The van der Waals surface area contributed by atoms with Crippen molar-refractivity contribution in [1.82, 2.24) is 10.1 Å². The van der Waals surface area contributed by atoms with Crippen molar-refractivity contribution in [2.45, 2.75) is 13.5 Å². The number of aryl methyl sites for hydroxylation is 1. The topological polar surface area (TPSA) is 49.5 Å². The van der Waals surface area contributed by atoms with Crippen LogP contribution in [-0.4, -0.2) is 34.9 Å². The Morgan fingerprint density at radius 3 is 3.00 bits per heavy atom. The molecule has 2 rings (SSSR count). The molecule has 1 aromatic heterocycles. The first-order valence-electron chi connectivity index (χ1n) is 4.53. The second-order valence-corrected chi connectivity index (χ2v) is 3.67. The van der Waals surface area contributed by atoms with Crippen molar-refractivity contribution in [3.8, 4) is 0 Å². The zero-order valence-corrected chi connectivity index (χ0v) is 7.73. The van der Waals surface area contributed by atoms with Crippen LogP contribution < -0.4 is 0 Å². The lowest BCUT2D eigenvalue weighted by atomic mass is 10.0. The third-order valence-electron chi connectivity index (χ3n) is 2.35. The van der Waals surface area contributed by atoms with E-state index < -0.39 is 0 Å². The first kappa shape index (κ1) is 8.72. The summed E-state index contributed by atoms with van der Waals surface area (Å²) in [7, 11) is 0. The minimum absolute atomic E-state index is 0.300. The molecule has 72 valence electrons. The number of hydrogen-bond donors (Lipinski definition) is 1. The summed E-state index contributed by atoms with van der Waals surface area (Å²) in [6.45, 7) is 4.98. The number of nitrogens with zero attached hydrogens (tertiary/aromatic N) is 2. The second kappa shape index (κ2) is 3.47. The fraction of sp³-hybridized carbons (Fsp3) is 0.667. The Bertz CT molecular complexity index is 279. The summed E-state index contributed by atoms with van der Waals surface area (Å²) in [5.41, 5.74) is 0.980. The number of aromatic nitrogens is 1. The van der Waals surface area contributed by atoms with E-state index in [0.717, 1.165) is 31.1 Å². The van der Waals surface area contributed by atoms with Crippen molar-refractivity contribution in [1.29, 1.82) is 0 Å². The molecule has 1 aliphatic rings. The molecule has 0 unspecified atom stereocenters. The molecule has 1 aromatic rings. The Morgan fingerprint density at radius 1 is 1.69 bits per heavy atom. The monoisotopic (exact) mass is 182 g/mol. The Morgan fingerprint density at radius 2 is 2.46 bits per heavy atom. The summed E-state index contributed by atoms with van der Waals surface area (Å²) in [6, 6.07) is 1.95. The fourth-order valence-corrected chi connectivity index (χ4v) is 1.64. The lowest BCUT2D eigenvalue weighted by Crippen LogP contribution is -2.47. The normalized spacial score (nSPS) is 18.9. The van der Waals surface area contributed by atoms with Gasteiger partial charge >= 0.3 is 0 Å². The lowest BCUT2D eigenvalue weighted by molar-refractivity contribution is 0.0463. The zero-order valence-electron chi connectivity index (χ0n) is 7.73. The molecular weight excluding hydrogens is 168 g/mol. The highest BCUT2D eigenvalue weighted by Gasteiger charge is 2.26. The van der Waals surface area contributed by atoms with Crippen LogP contribution in [0.3, 0.4) is 0 Å². The van der Waals surface area contributed by atoms with E-state index in [4.69, 9.17) is 9.63 Å². The van der Waals surface area contributed by atoms with Crippen LogP contribution in [0, 0.1) is 12.8 Å². The Kier molecular flexibility index (Phi) is 2.33. The van der Waals surface area contributed by atoms with Gasteiger partial charge in [0.05, 0.1) is 5.69 Å². The molecule has 13 heavy (non-hydrogen) atoms. The van der Waals surface area contributed by atoms with Gasteiger partial charge in [0.15, 0.2) is 0 Å². The first-order valence-corrected chi connectivity index (χ1v) is 4.53. The quantitative estimate of drug-likeness (QED) is 0.735. The van der Waals surface area contributed by atoms with Crippen LogP contribution in [-0.2, 0) is 6.54 Å². The average Bonchev–Trinajstić information content (AvgIpc) is 2.43. The third kappa shape index (κ3) is 1.89. The first-order chi connectivity index (χ1) is 6.28. The highest BCUT2D eigenvalue weighted by atomic mass is 16.5. The summed E-state index contributed by atoms with van der Waals surface area (Å²) in [4.78, 5) is 2.25. The van der Waals surface area contributed by atoms with Gasteiger partial charge in [-0.2, -0.15) is 0 Å². The van der Waals surface area contributed by atoms with Gasteiger partial charge < -0.3 is 9.63 Å². The summed E-state index contributed by atoms with van der Waals surface area (Å²) in [5, 5.41) is 12.7. The Hall–Kier alpha value is -0.870. The molecule has 1 saturated heterocycles. The molecule has 0 bridgehead atoms. The smallest absolute Gasteiger partial charge is 0.133 e. The Labute approximate surface area is 77.1 Å². The molecule has 0 aliphatic carbocycles. The van der Waals surface area contributed by atoms with Gasteiger partial charge in [0, 0.05) is 38.2 Å². The molecule has 4 nitrogen and oxygen atoms in total. The maximum absolute atomic E-state index is 8.81. The summed E-state index contributed by atoms with van der Waals surface area (Å²) < 4.78 is 4.96. The largest absolute Gasteiger partial charge is 0.396 e. The number of hydrogen-bond acceptors (Lipinski definition) is 4. The highest BCUT2D eigenvalue weighted by molar-refractivity contribution is 5.04. The highest BCUT2D eigenvalue weighted by Crippen LogP contribution is 2.17. The SMILES string of the molecule is Cc1cc(CN2CC(CO)C2)no1. The standard InChI is InChI=1S/C9H14N2O2/c1-7-2-9(10-13-7)5-11-3-8(4-11)6-12/h2,8,12H,3-6H2,1H3. The molecule has 0 radical (unpaired) electrons. The lowest BCUT2D eigenvalue weighted by Gasteiger charge is -2.37. The van der Waals surface area contributed by atoms with Crippen molar-refractivity contribution in [2.24, 2.45) is 5.92 Å². The van der Waals surface area contributed by atoms with Gasteiger partial charge in [-0.15, -0.1) is 0 Å². The van der Waals surface area contributed by atoms with Crippen molar-refractivity contribution in [3.05, 3.63) is 17.5 Å². The van der Waals surface area contributed by atoms with Gasteiger partial charge in [-0.3, -0.25) is 4.90 Å². The van der Waals surface area contributed by atoms with Crippen LogP contribution in [0.2, 0.25) is 0 Å². The average molecular weight is 182 g/mol. The molecule has 0 spiro atoms. The Balaban J connectivity index is 1.81. The van der Waals surface area contributed by atoms with Gasteiger partial charge in [0.1, 0.15) is 5.76 Å². The number of likely N-dealkylation sites (tertiary alicyclic amines) is 1. The molecule has 1 aliphatic heterocycles. The molecule has 1 N–H and O–H groups in total. The van der Waals surface area contributed by atoms with Crippen molar-refractivity contribution in [3.63, 3.8) is 0 Å². The minimum atomic E-state index is 0.300. The summed E-state index contributed by atoms with van der Waals surface area (Å²) >= 11 is 0. The molecule has 0 aromatic carbocycles. The van der Waals surface area contributed by atoms with Crippen LogP contribution in [0.5, 0.6) is 0 Å². The minimum Gasteiger partial charge on any atom is -0.396 e. The van der Waals surface area contributed by atoms with Crippen molar-refractivity contribution in [2.75, 3.05) is 19.7 Å². The molecule has 0 amide bonds. The van der Waals surface area contributed by atoms with Crippen LogP contribution in [0.25, 0.3) is 0 Å². The van der Waals surface area contributed by atoms with E-state index >= 15 is 0 Å². The number of aliphatic hydroxyl groups excluding tert-OH is 1. The third-order valence-corrected chi connectivity index (χ3v) is 2.35. The number of aliphatic hydroxyl groups is 1. The molecule has 0 saturated carbocycles. The van der Waals surface area contributed by atoms with Gasteiger partial charge in [-0.1, -0.05) is 5.16 Å². The van der Waals surface area contributed by atoms with E-state index in [1.807, 2.05) is 13.0 Å². The predicted molar refractivity (Wildman–Crippen MR) is 47.1 cm³/mol. The number of rotatable bonds is 3. The van der Waals surface area contributed by atoms with Gasteiger partial charge in [-0.25, -0.2) is 0 Å². The summed E-state index contributed by atoms with van der Waals surface area (Å²) in [6.07, 6.45) is 0. The van der Waals surface area contributed by atoms with Crippen molar-refractivity contribution >= 4 is 0 Å². The van der Waals surface area contributed by atoms with Gasteiger partial charge in [0.2, 0.25) is 0 Å². The van der Waals surface area contributed by atoms with E-state index in [1.54, 1.807) is 0 Å². The van der Waals surface area contributed by atoms with E-state index in [9.17, 15) is 0 Å². The van der Waals surface area contributed by atoms with Crippen LogP contribution >= 0.6 is 0 Å². The van der Waals surface area contributed by atoms with Crippen LogP contribution in [0.1, 0.15) is 11.5 Å². The van der Waals surface area contributed by atoms with Crippen LogP contribution in [0.4, 0.5) is 0 Å². The zero-order chi connectivity index (χ0) is 9.26. The maximum atomic E-state index is 8.81. The van der Waals surface area contributed by atoms with E-state index in [2.05, 4.69) is 10.1 Å². The second-order valence-electron chi connectivity index (χ2n) is 3.67. The fourth-order valence-electron chi connectivity index (χ4n) is 1.64. The molecule has 0 atom stereocenters. The maximum Gasteiger partial charge on any atom is 0.133 e. The van der Waals surface area contributed by atoms with Crippen LogP contribution in [0.15, 0.2) is 10.6 Å². The van der Waals surface area contributed by atoms with E-state index in [0.29, 0.717) is 12.5 Å².